The topological polar surface area (TPSA) is 69.3 Å². The van der Waals surface area contributed by atoms with Crippen LogP contribution in [-0.4, -0.2) is 42.8 Å². The molecule has 2 heterocycles. The van der Waals surface area contributed by atoms with Gasteiger partial charge in [-0.3, -0.25) is 0 Å². The maximum atomic E-state index is 12.9. The van der Waals surface area contributed by atoms with Crippen LogP contribution in [0.4, 0.5) is 5.69 Å². The monoisotopic (exact) mass is 334 g/mol. The fourth-order valence-electron chi connectivity index (χ4n) is 2.76. The van der Waals surface area contributed by atoms with Gasteiger partial charge in [0.25, 0.3) is 10.0 Å². The number of anilines is 1. The highest BCUT2D eigenvalue weighted by molar-refractivity contribution is 7.89. The quantitative estimate of drug-likeness (QED) is 0.934. The summed E-state index contributed by atoms with van der Waals surface area (Å²) in [7, 11) is -1.59. The van der Waals surface area contributed by atoms with E-state index >= 15 is 0 Å². The molecule has 124 valence electrons. The lowest BCUT2D eigenvalue weighted by Crippen LogP contribution is -2.34. The fraction of sp³-hybridized carbons (Fsp3) is 0.438. The number of H-pyrrole nitrogens is 1. The number of nitrogens with zero attached hydrogens (tertiary/aromatic N) is 3. The number of para-hydroxylation sites is 1. The highest BCUT2D eigenvalue weighted by atomic mass is 32.2. The average Bonchev–Trinajstić information content (AvgIpc) is 2.96. The van der Waals surface area contributed by atoms with Gasteiger partial charge in [-0.05, 0) is 11.6 Å². The third-order valence-corrected chi connectivity index (χ3v) is 5.93. The smallest absolute Gasteiger partial charge is 0.260 e. The normalized spacial score (nSPS) is 16.4. The first-order valence-electron chi connectivity index (χ1n) is 7.73. The van der Waals surface area contributed by atoms with Crippen molar-refractivity contribution >= 4 is 15.7 Å². The van der Waals surface area contributed by atoms with Crippen LogP contribution in [0.2, 0.25) is 0 Å². The van der Waals surface area contributed by atoms with E-state index in [9.17, 15) is 8.42 Å². The van der Waals surface area contributed by atoms with Crippen LogP contribution in [0.25, 0.3) is 0 Å². The van der Waals surface area contributed by atoms with Gasteiger partial charge in [0.2, 0.25) is 0 Å². The molecule has 1 aromatic carbocycles. The van der Waals surface area contributed by atoms with Crippen molar-refractivity contribution in [3.8, 4) is 0 Å². The third kappa shape index (κ3) is 2.98. The molecule has 23 heavy (non-hydrogen) atoms. The van der Waals surface area contributed by atoms with E-state index in [1.807, 2.05) is 45.2 Å². The Morgan fingerprint density at radius 3 is 2.65 bits per heavy atom. The number of aromatic nitrogens is 2. The standard InChI is InChI=1S/C16H22N4O2S/c1-12(2)16-17-10-15(18-16)23(21,22)20-9-8-19(3)14-7-5-4-6-13(14)11-20/h4-7,10,12H,8-9,11H2,1-3H3,(H,17,18). The number of hydrogen-bond donors (Lipinski definition) is 1. The van der Waals surface area contributed by atoms with Gasteiger partial charge in [-0.1, -0.05) is 32.0 Å². The highest BCUT2D eigenvalue weighted by Crippen LogP contribution is 2.27. The molecule has 0 atom stereocenters. The van der Waals surface area contributed by atoms with Crippen LogP contribution in [0.5, 0.6) is 0 Å². The summed E-state index contributed by atoms with van der Waals surface area (Å²) in [6.45, 7) is 5.43. The number of benzene rings is 1. The second-order valence-electron chi connectivity index (χ2n) is 6.18. The SMILES string of the molecule is CC(C)c1ncc(S(=O)(=O)N2CCN(C)c3ccccc3C2)[nH]1. The molecule has 0 bridgehead atoms. The Balaban J connectivity index is 1.94. The number of aromatic amines is 1. The molecule has 0 fully saturated rings. The second-order valence-corrected chi connectivity index (χ2v) is 8.08. The zero-order valence-corrected chi connectivity index (χ0v) is 14.5. The first-order valence-corrected chi connectivity index (χ1v) is 9.17. The molecule has 1 aliphatic rings. The Bertz CT molecular complexity index is 798. The molecule has 6 nitrogen and oxygen atoms in total. The van der Waals surface area contributed by atoms with Gasteiger partial charge in [0, 0.05) is 38.3 Å². The maximum absolute atomic E-state index is 12.9. The van der Waals surface area contributed by atoms with Crippen molar-refractivity contribution in [1.29, 1.82) is 0 Å². The van der Waals surface area contributed by atoms with E-state index in [0.29, 0.717) is 25.5 Å². The Kier molecular flexibility index (Phi) is 4.16. The molecule has 7 heteroatoms. The van der Waals surface area contributed by atoms with Gasteiger partial charge in [0.15, 0.2) is 5.03 Å². The van der Waals surface area contributed by atoms with Crippen LogP contribution >= 0.6 is 0 Å². The molecule has 0 aliphatic carbocycles. The van der Waals surface area contributed by atoms with E-state index in [-0.39, 0.29) is 10.9 Å². The van der Waals surface area contributed by atoms with Crippen molar-refractivity contribution in [3.05, 3.63) is 41.9 Å². The summed E-state index contributed by atoms with van der Waals surface area (Å²) < 4.78 is 27.4. The molecule has 0 spiro atoms. The summed E-state index contributed by atoms with van der Waals surface area (Å²) in [5.74, 6) is 0.853. The van der Waals surface area contributed by atoms with Crippen molar-refractivity contribution in [1.82, 2.24) is 14.3 Å². The molecular formula is C16H22N4O2S. The molecule has 0 amide bonds. The molecular weight excluding hydrogens is 312 g/mol. The molecule has 1 N–H and O–H groups in total. The highest BCUT2D eigenvalue weighted by Gasteiger charge is 2.30. The van der Waals surface area contributed by atoms with Gasteiger partial charge in [-0.25, -0.2) is 13.4 Å². The Morgan fingerprint density at radius 2 is 1.96 bits per heavy atom. The van der Waals surface area contributed by atoms with Crippen molar-refractivity contribution in [2.45, 2.75) is 31.3 Å². The van der Waals surface area contributed by atoms with Gasteiger partial charge in [-0.15, -0.1) is 0 Å². The Labute approximate surface area is 137 Å². The predicted octanol–water partition coefficient (Wildman–Crippen LogP) is 2.17. The summed E-state index contributed by atoms with van der Waals surface area (Å²) >= 11 is 0. The lowest BCUT2D eigenvalue weighted by atomic mass is 10.1. The molecule has 0 radical (unpaired) electrons. The number of likely N-dealkylation sites (N-methyl/N-ethyl adjacent to an activating group) is 1. The first-order chi connectivity index (χ1) is 10.9. The maximum Gasteiger partial charge on any atom is 0.260 e. The van der Waals surface area contributed by atoms with Crippen LogP contribution in [0.15, 0.2) is 35.5 Å². The molecule has 1 aromatic heterocycles. The summed E-state index contributed by atoms with van der Waals surface area (Å²) in [5.41, 5.74) is 2.09. The number of imidazole rings is 1. The lowest BCUT2D eigenvalue weighted by molar-refractivity contribution is 0.418. The second kappa shape index (κ2) is 5.98. The van der Waals surface area contributed by atoms with Gasteiger partial charge >= 0.3 is 0 Å². The van der Waals surface area contributed by atoms with Crippen molar-refractivity contribution in [3.63, 3.8) is 0 Å². The molecule has 2 aromatic rings. The number of sulfonamides is 1. The summed E-state index contributed by atoms with van der Waals surface area (Å²) in [6.07, 6.45) is 1.42. The minimum Gasteiger partial charge on any atom is -0.373 e. The molecule has 3 rings (SSSR count). The van der Waals surface area contributed by atoms with E-state index in [4.69, 9.17) is 0 Å². The van der Waals surface area contributed by atoms with Crippen molar-refractivity contribution in [2.75, 3.05) is 25.0 Å². The van der Waals surface area contributed by atoms with E-state index in [2.05, 4.69) is 14.9 Å². The van der Waals surface area contributed by atoms with E-state index in [0.717, 1.165) is 11.3 Å². The van der Waals surface area contributed by atoms with Crippen LogP contribution in [0.3, 0.4) is 0 Å². The van der Waals surface area contributed by atoms with Crippen LogP contribution < -0.4 is 4.90 Å². The predicted molar refractivity (Wildman–Crippen MR) is 90.0 cm³/mol. The van der Waals surface area contributed by atoms with Crippen molar-refractivity contribution in [2.24, 2.45) is 0 Å². The third-order valence-electron chi connectivity index (χ3n) is 4.17. The van der Waals surface area contributed by atoms with Crippen LogP contribution in [0.1, 0.15) is 31.2 Å². The zero-order chi connectivity index (χ0) is 16.6. The van der Waals surface area contributed by atoms with Crippen LogP contribution in [0, 0.1) is 0 Å². The van der Waals surface area contributed by atoms with E-state index in [1.165, 1.54) is 10.5 Å². The van der Waals surface area contributed by atoms with Gasteiger partial charge in [0.1, 0.15) is 5.82 Å². The summed E-state index contributed by atoms with van der Waals surface area (Å²) in [5, 5.41) is 0.170. The molecule has 0 saturated heterocycles. The molecule has 1 aliphatic heterocycles. The van der Waals surface area contributed by atoms with E-state index < -0.39 is 10.0 Å². The number of nitrogens with one attached hydrogen (secondary N) is 1. The first kappa shape index (κ1) is 16.0. The number of fused-ring (bicyclic) bond motifs is 1. The summed E-state index contributed by atoms with van der Waals surface area (Å²) in [4.78, 5) is 9.23. The average molecular weight is 334 g/mol. The fourth-order valence-corrected chi connectivity index (χ4v) is 4.08. The van der Waals surface area contributed by atoms with Gasteiger partial charge in [-0.2, -0.15) is 4.31 Å². The van der Waals surface area contributed by atoms with Crippen LogP contribution in [-0.2, 0) is 16.6 Å². The number of hydrogen-bond acceptors (Lipinski definition) is 4. The molecule has 0 saturated carbocycles. The van der Waals surface area contributed by atoms with Gasteiger partial charge < -0.3 is 9.88 Å². The van der Waals surface area contributed by atoms with Crippen molar-refractivity contribution < 1.29 is 8.42 Å². The zero-order valence-electron chi connectivity index (χ0n) is 13.7. The molecule has 0 unspecified atom stereocenters. The Hall–Kier alpha value is -1.86. The minimum absolute atomic E-state index is 0.162. The van der Waals surface area contributed by atoms with E-state index in [1.54, 1.807) is 0 Å². The number of rotatable bonds is 3. The Morgan fingerprint density at radius 1 is 1.22 bits per heavy atom. The van der Waals surface area contributed by atoms with Gasteiger partial charge in [0.05, 0.1) is 6.20 Å². The summed E-state index contributed by atoms with van der Waals surface area (Å²) in [6, 6.07) is 7.92. The minimum atomic E-state index is -3.58. The largest absolute Gasteiger partial charge is 0.373 e. The lowest BCUT2D eigenvalue weighted by Gasteiger charge is -2.19.